The van der Waals surface area contributed by atoms with Crippen LogP contribution in [-0.2, 0) is 4.79 Å². The van der Waals surface area contributed by atoms with E-state index in [2.05, 4.69) is 16.5 Å². The number of nitrogens with two attached hydrogens (primary N) is 1. The zero-order valence-corrected chi connectivity index (χ0v) is 16.6. The van der Waals surface area contributed by atoms with Crippen LogP contribution in [0.15, 0.2) is 43.2 Å². The van der Waals surface area contributed by atoms with E-state index in [0.29, 0.717) is 34.1 Å². The van der Waals surface area contributed by atoms with Gasteiger partial charge in [-0.15, -0.1) is 0 Å². The third-order valence-corrected chi connectivity index (χ3v) is 5.44. The summed E-state index contributed by atoms with van der Waals surface area (Å²) in [4.78, 5) is 22.4. The third kappa shape index (κ3) is 3.73. The average Bonchev–Trinajstić information content (AvgIpc) is 3.13. The van der Waals surface area contributed by atoms with Gasteiger partial charge in [-0.05, 0) is 36.6 Å². The number of anilines is 1. The van der Waals surface area contributed by atoms with Gasteiger partial charge in [-0.2, -0.15) is 5.10 Å². The molecule has 2 aromatic heterocycles. The molecule has 0 spiro atoms. The Bertz CT molecular complexity index is 1110. The molecule has 7 nitrogen and oxygen atoms in total. The Labute approximate surface area is 173 Å². The molecule has 3 heterocycles. The van der Waals surface area contributed by atoms with Crippen molar-refractivity contribution in [3.8, 4) is 0 Å². The molecule has 4 rings (SSSR count). The maximum atomic E-state index is 12.1. The van der Waals surface area contributed by atoms with Gasteiger partial charge in [-0.25, -0.2) is 14.6 Å². The van der Waals surface area contributed by atoms with E-state index in [4.69, 9.17) is 22.4 Å². The normalized spacial score (nSPS) is 17.1. The third-order valence-electron chi connectivity index (χ3n) is 5.10. The van der Waals surface area contributed by atoms with Gasteiger partial charge < -0.3 is 10.6 Å². The van der Waals surface area contributed by atoms with E-state index in [1.54, 1.807) is 4.90 Å². The Morgan fingerprint density at radius 2 is 2.10 bits per heavy atom. The number of rotatable bonds is 4. The van der Waals surface area contributed by atoms with Crippen LogP contribution in [0.3, 0.4) is 0 Å². The fourth-order valence-electron chi connectivity index (χ4n) is 3.66. The molecule has 1 atom stereocenters. The van der Waals surface area contributed by atoms with Gasteiger partial charge in [0.2, 0.25) is 5.91 Å². The van der Waals surface area contributed by atoms with E-state index in [1.807, 2.05) is 41.1 Å². The predicted octanol–water partition coefficient (Wildman–Crippen LogP) is 3.58. The quantitative estimate of drug-likeness (QED) is 0.666. The van der Waals surface area contributed by atoms with Crippen LogP contribution in [0.2, 0.25) is 5.02 Å². The Hall–Kier alpha value is -3.19. The molecule has 2 N–H and O–H groups in total. The number of hydrogen-bond donors (Lipinski definition) is 1. The molecule has 1 unspecified atom stereocenters. The molecule has 29 heavy (non-hydrogen) atoms. The number of nitrogens with zero attached hydrogens (tertiary/aromatic N) is 5. The van der Waals surface area contributed by atoms with Crippen LogP contribution in [0.1, 0.15) is 30.1 Å². The molecule has 1 aliphatic rings. The van der Waals surface area contributed by atoms with Gasteiger partial charge in [0, 0.05) is 18.1 Å². The summed E-state index contributed by atoms with van der Waals surface area (Å²) in [5, 5.41) is 6.13. The Morgan fingerprint density at radius 3 is 2.90 bits per heavy atom. The van der Waals surface area contributed by atoms with E-state index >= 15 is 0 Å². The molecule has 0 radical (unpaired) electrons. The summed E-state index contributed by atoms with van der Waals surface area (Å²) in [6.07, 6.45) is 8.34. The van der Waals surface area contributed by atoms with Crippen molar-refractivity contribution in [2.75, 3.05) is 18.8 Å². The summed E-state index contributed by atoms with van der Waals surface area (Å²) < 4.78 is 1.86. The summed E-state index contributed by atoms with van der Waals surface area (Å²) in [6, 6.07) is 7.58. The zero-order valence-electron chi connectivity index (χ0n) is 15.8. The van der Waals surface area contributed by atoms with Crippen LogP contribution in [0.5, 0.6) is 0 Å². The molecule has 1 fully saturated rings. The lowest BCUT2D eigenvalue weighted by Gasteiger charge is -2.32. The van der Waals surface area contributed by atoms with Gasteiger partial charge in [-0.1, -0.05) is 42.5 Å². The van der Waals surface area contributed by atoms with Crippen molar-refractivity contribution >= 4 is 46.5 Å². The summed E-state index contributed by atoms with van der Waals surface area (Å²) >= 11 is 6.25. The Morgan fingerprint density at radius 1 is 1.28 bits per heavy atom. The van der Waals surface area contributed by atoms with Crippen LogP contribution < -0.4 is 5.73 Å². The fraction of sp³-hybridized carbons (Fsp3) is 0.238. The first-order valence-electron chi connectivity index (χ1n) is 9.41. The zero-order chi connectivity index (χ0) is 20.4. The highest BCUT2D eigenvalue weighted by atomic mass is 35.5. The number of piperidine rings is 1. The molecule has 148 valence electrons. The number of fused-ring (bicyclic) bond motifs is 1. The van der Waals surface area contributed by atoms with E-state index in [1.165, 1.54) is 12.4 Å². The second-order valence-electron chi connectivity index (χ2n) is 6.93. The van der Waals surface area contributed by atoms with Crippen molar-refractivity contribution in [3.05, 3.63) is 59.5 Å². The summed E-state index contributed by atoms with van der Waals surface area (Å²) in [7, 11) is 0. The lowest BCUT2D eigenvalue weighted by Crippen LogP contribution is -2.40. The minimum atomic E-state index is -0.0702. The highest BCUT2D eigenvalue weighted by molar-refractivity contribution is 6.32. The topological polar surface area (TPSA) is 89.9 Å². The van der Waals surface area contributed by atoms with Gasteiger partial charge >= 0.3 is 0 Å². The molecule has 0 saturated carbocycles. The van der Waals surface area contributed by atoms with Gasteiger partial charge in [0.05, 0.1) is 17.1 Å². The highest BCUT2D eigenvalue weighted by Crippen LogP contribution is 2.30. The number of nitrogen functional groups attached to an aromatic ring is 1. The van der Waals surface area contributed by atoms with E-state index < -0.39 is 0 Å². The van der Waals surface area contributed by atoms with Crippen molar-refractivity contribution in [2.24, 2.45) is 0 Å². The molecule has 1 aromatic carbocycles. The number of carbonyl (C=O) groups excluding carboxylic acids is 1. The van der Waals surface area contributed by atoms with Gasteiger partial charge in [-0.3, -0.25) is 4.79 Å². The molecule has 1 amide bonds. The molecule has 3 aromatic rings. The number of halogens is 1. The van der Waals surface area contributed by atoms with Crippen LogP contribution in [-0.4, -0.2) is 43.6 Å². The summed E-state index contributed by atoms with van der Waals surface area (Å²) in [5.41, 5.74) is 8.37. The lowest BCUT2D eigenvalue weighted by atomic mass is 10.1. The Balaban J connectivity index is 1.75. The molecule has 8 heteroatoms. The standard InChI is InChI=1S/C21H21ClN6O/c1-2-18(29)27-11-5-7-15(12-27)28-21-19(20(23)24-13-25-21)17(26-28)10-9-14-6-3-4-8-16(14)22/h2-4,6,8-10,13,15H,1,5,7,11-12H2,(H2,23,24,25). The highest BCUT2D eigenvalue weighted by Gasteiger charge is 2.27. The first-order valence-corrected chi connectivity index (χ1v) is 9.79. The van der Waals surface area contributed by atoms with Gasteiger partial charge in [0.1, 0.15) is 12.1 Å². The second kappa shape index (κ2) is 8.05. The average molecular weight is 409 g/mol. The number of aromatic nitrogens is 4. The molecular weight excluding hydrogens is 388 g/mol. The van der Waals surface area contributed by atoms with Crippen molar-refractivity contribution in [2.45, 2.75) is 18.9 Å². The lowest BCUT2D eigenvalue weighted by molar-refractivity contribution is -0.127. The number of amides is 1. The molecule has 1 saturated heterocycles. The number of benzene rings is 1. The van der Waals surface area contributed by atoms with Crippen molar-refractivity contribution in [1.29, 1.82) is 0 Å². The predicted molar refractivity (Wildman–Crippen MR) is 115 cm³/mol. The first kappa shape index (κ1) is 19.1. The van der Waals surface area contributed by atoms with Crippen molar-refractivity contribution < 1.29 is 4.79 Å². The molecule has 0 bridgehead atoms. The van der Waals surface area contributed by atoms with Crippen LogP contribution in [0.4, 0.5) is 5.82 Å². The monoisotopic (exact) mass is 408 g/mol. The van der Waals surface area contributed by atoms with Gasteiger partial charge in [0.15, 0.2) is 5.65 Å². The van der Waals surface area contributed by atoms with Crippen LogP contribution >= 0.6 is 11.6 Å². The maximum absolute atomic E-state index is 12.1. The molecule has 1 aliphatic heterocycles. The fourth-order valence-corrected chi connectivity index (χ4v) is 3.85. The smallest absolute Gasteiger partial charge is 0.246 e. The first-order chi connectivity index (χ1) is 14.1. The molecular formula is C21H21ClN6O. The SMILES string of the molecule is C=CC(=O)N1CCCC(n2nc(C=Cc3ccccc3Cl)c3c(N)ncnc32)C1. The summed E-state index contributed by atoms with van der Waals surface area (Å²) in [5.74, 6) is 0.300. The minimum Gasteiger partial charge on any atom is -0.383 e. The van der Waals surface area contributed by atoms with Crippen molar-refractivity contribution in [1.82, 2.24) is 24.6 Å². The Kier molecular flexibility index (Phi) is 5.31. The van der Waals surface area contributed by atoms with Crippen molar-refractivity contribution in [3.63, 3.8) is 0 Å². The largest absolute Gasteiger partial charge is 0.383 e. The number of likely N-dealkylation sites (tertiary alicyclic amines) is 1. The van der Waals surface area contributed by atoms with E-state index in [0.717, 1.165) is 24.9 Å². The maximum Gasteiger partial charge on any atom is 0.246 e. The number of carbonyl (C=O) groups is 1. The number of hydrogen-bond acceptors (Lipinski definition) is 5. The van der Waals surface area contributed by atoms with E-state index in [9.17, 15) is 4.79 Å². The van der Waals surface area contributed by atoms with Gasteiger partial charge in [0.25, 0.3) is 0 Å². The minimum absolute atomic E-state index is 0.00640. The molecule has 0 aliphatic carbocycles. The second-order valence-corrected chi connectivity index (χ2v) is 7.33. The van der Waals surface area contributed by atoms with E-state index in [-0.39, 0.29) is 11.9 Å². The van der Waals surface area contributed by atoms with Crippen LogP contribution in [0, 0.1) is 0 Å². The van der Waals surface area contributed by atoms with Crippen LogP contribution in [0.25, 0.3) is 23.2 Å². The summed E-state index contributed by atoms with van der Waals surface area (Å²) in [6.45, 7) is 4.86.